The Kier molecular flexibility index (Phi) is 195. The molecule has 0 unspecified atom stereocenters. The first-order valence-electron chi connectivity index (χ1n) is 47.9. The molecule has 0 saturated heterocycles. The van der Waals surface area contributed by atoms with Gasteiger partial charge in [0.2, 0.25) is 0 Å². The van der Waals surface area contributed by atoms with Gasteiger partial charge in [0.05, 0.1) is 0 Å². The lowest BCUT2D eigenvalue weighted by molar-refractivity contribution is 0.321. The van der Waals surface area contributed by atoms with E-state index < -0.39 is 72.8 Å². The maximum Gasteiger partial charge on any atom is 0.394 e. The maximum atomic E-state index is 8.74. The molecule has 0 heterocycles. The predicted octanol–water partition coefficient (Wildman–Crippen LogP) is 14.3. The molecule has 0 saturated carbocycles. The van der Waals surface area contributed by atoms with E-state index in [0.29, 0.717) is 0 Å². The molecule has 0 aromatic heterocycles. The molecule has 0 amide bonds. The molecule has 49 heteroatoms. The van der Waals surface area contributed by atoms with Crippen molar-refractivity contribution in [1.29, 1.82) is 0 Å². The molecule has 14 N–H and O–H groups in total. The smallest absolute Gasteiger partial charge is 0.304 e. The first-order valence-corrected chi connectivity index (χ1v) is 57.6. The Hall–Kier alpha value is -1.47. The first-order chi connectivity index (χ1) is 60.8. The van der Waals surface area contributed by atoms with E-state index in [4.69, 9.17) is 123 Å². The monoisotopic (exact) mass is 2100 g/mol. The third kappa shape index (κ3) is 317. The average Bonchev–Trinajstić information content (AvgIpc) is 3.98. The van der Waals surface area contributed by atoms with E-state index in [0.717, 1.165) is 0 Å². The number of rotatable bonds is 42. The van der Waals surface area contributed by atoms with Gasteiger partial charge in [-0.3, -0.25) is 63.7 Å². The van der Waals surface area contributed by atoms with Crippen LogP contribution in [0.25, 0.3) is 0 Å². The highest BCUT2D eigenvalue weighted by atomic mass is 32.3. The summed E-state index contributed by atoms with van der Waals surface area (Å²) in [4.78, 5) is 33.2. The summed E-state index contributed by atoms with van der Waals surface area (Å²) in [6.45, 7) is 142. The molecule has 0 atom stereocenters. The minimum Gasteiger partial charge on any atom is -0.304 e. The Labute approximate surface area is 824 Å². The predicted molar refractivity (Wildman–Crippen MR) is 568 cm³/mol. The molecule has 840 valence electrons. The quantitative estimate of drug-likeness (QED) is 0.0252. The summed E-state index contributed by atoms with van der Waals surface area (Å²) in [5.41, 5.74) is 0. The van der Waals surface area contributed by atoms with Crippen LogP contribution in [0.5, 0.6) is 0 Å². The Bertz CT molecular complexity index is 2070. The summed E-state index contributed by atoms with van der Waals surface area (Å²) < 4.78 is 221. The van der Waals surface area contributed by atoms with E-state index in [9.17, 15) is 0 Å². The highest BCUT2D eigenvalue weighted by Gasteiger charge is 1.99. The summed E-state index contributed by atoms with van der Waals surface area (Å²) in [7, 11) is -32.7. The van der Waals surface area contributed by atoms with Crippen LogP contribution in [0.3, 0.4) is 0 Å². The normalized spacial score (nSPS) is 10.6. The van der Waals surface area contributed by atoms with Gasteiger partial charge in [0, 0.05) is 0 Å². The molecule has 0 rings (SSSR count). The fourth-order valence-electron chi connectivity index (χ4n) is 9.39. The lowest BCUT2D eigenvalue weighted by atomic mass is 10.5. The van der Waals surface area contributed by atoms with Gasteiger partial charge in [-0.1, -0.05) is 291 Å². The van der Waals surface area contributed by atoms with Crippen molar-refractivity contribution in [3.63, 3.8) is 0 Å². The first kappa shape index (κ1) is 183. The van der Waals surface area contributed by atoms with E-state index in [1.165, 1.54) is 275 Å². The fourth-order valence-corrected chi connectivity index (χ4v) is 9.39. The van der Waals surface area contributed by atoms with E-state index in [1.54, 1.807) is 0 Å². The zero-order chi connectivity index (χ0) is 111. The summed E-state index contributed by atoms with van der Waals surface area (Å²) in [5.74, 6) is 0. The molecule has 0 bridgehead atoms. The molecule has 0 fully saturated rings. The summed E-state index contributed by atoms with van der Waals surface area (Å²) in [5, 5.41) is 0. The summed E-state index contributed by atoms with van der Waals surface area (Å²) in [6.07, 6.45) is 0. The summed E-state index contributed by atoms with van der Waals surface area (Å²) in [6, 6.07) is 0. The Balaban J connectivity index is -0.0000000522. The summed E-state index contributed by atoms with van der Waals surface area (Å²) >= 11 is 0. The maximum absolute atomic E-state index is 8.74. The van der Waals surface area contributed by atoms with Crippen molar-refractivity contribution in [3.8, 4) is 0 Å². The van der Waals surface area contributed by atoms with Crippen molar-refractivity contribution in [2.75, 3.05) is 275 Å². The van der Waals surface area contributed by atoms with Crippen LogP contribution in [0, 0.1) is 0 Å². The van der Waals surface area contributed by atoms with Crippen LogP contribution in [0.2, 0.25) is 0 Å². The lowest BCUT2D eigenvalue weighted by Gasteiger charge is -2.13. The third-order valence-electron chi connectivity index (χ3n) is 18.8. The highest BCUT2D eigenvalue weighted by Crippen LogP contribution is 1.90. The highest BCUT2D eigenvalue weighted by molar-refractivity contribution is 7.81. The number of hydrogen-bond donors (Lipinski definition) is 14. The van der Waals surface area contributed by atoms with Gasteiger partial charge in [0.25, 0.3) is 0 Å². The van der Waals surface area contributed by atoms with Gasteiger partial charge < -0.3 is 68.6 Å². The zero-order valence-electron chi connectivity index (χ0n) is 92.8. The molecule has 0 aliphatic heterocycles. The largest absolute Gasteiger partial charge is 0.394 e. The topological polar surface area (TPSA) is 568 Å². The van der Waals surface area contributed by atoms with Gasteiger partial charge in [-0.15, -0.1) is 0 Å². The second-order valence-electron chi connectivity index (χ2n) is 25.8. The Morgan fingerprint density at radius 3 is 0.105 bits per heavy atom. The van der Waals surface area contributed by atoms with Crippen LogP contribution >= 0.6 is 0 Å². The average molecular weight is 2100 g/mol. The van der Waals surface area contributed by atoms with Crippen LogP contribution in [-0.4, -0.2) is 466 Å². The van der Waals surface area contributed by atoms with Gasteiger partial charge in [0.15, 0.2) is 0 Å². The molecule has 0 aliphatic carbocycles. The third-order valence-corrected chi connectivity index (χ3v) is 18.8. The number of nitrogens with zero attached hydrogens (tertiary/aromatic N) is 14. The molecule has 0 aromatic carbocycles. The van der Waals surface area contributed by atoms with E-state index >= 15 is 0 Å². The minimum absolute atomic E-state index is 1.19. The number of hydrogen-bond acceptors (Lipinski definition) is 28. The Morgan fingerprint density at radius 2 is 0.105 bits per heavy atom. The van der Waals surface area contributed by atoms with Crippen LogP contribution in [0.1, 0.15) is 291 Å². The Morgan fingerprint density at radius 1 is 0.0902 bits per heavy atom. The molecule has 42 nitrogen and oxygen atoms in total. The lowest BCUT2D eigenvalue weighted by Crippen LogP contribution is -2.21. The van der Waals surface area contributed by atoms with Crippen molar-refractivity contribution in [2.24, 2.45) is 0 Å². The van der Waals surface area contributed by atoms with Gasteiger partial charge in [0.1, 0.15) is 0 Å². The standard InChI is InChI=1S/14C6H15N.7H2O4S/c14*1-4-7(5-2)6-3;7*1-5(2,3)4/h14*4-6H2,1-3H3;7*(H2,1,2,3,4). The fraction of sp³-hybridized carbons (Fsp3) is 1.00. The van der Waals surface area contributed by atoms with Gasteiger partial charge in [-0.25, -0.2) is 0 Å². The minimum atomic E-state index is -4.67. The second kappa shape index (κ2) is 141. The van der Waals surface area contributed by atoms with E-state index in [1.807, 2.05) is 0 Å². The van der Waals surface area contributed by atoms with Crippen LogP contribution in [0.15, 0.2) is 0 Å². The second-order valence-corrected chi connectivity index (χ2v) is 32.1. The van der Waals surface area contributed by atoms with Crippen molar-refractivity contribution in [1.82, 2.24) is 68.6 Å². The molecule has 0 aromatic rings. The van der Waals surface area contributed by atoms with Crippen LogP contribution < -0.4 is 0 Å². The molecular formula is C84H224N14O28S7. The SMILES string of the molecule is CCN(CC)CC.CCN(CC)CC.CCN(CC)CC.CCN(CC)CC.CCN(CC)CC.CCN(CC)CC.CCN(CC)CC.CCN(CC)CC.CCN(CC)CC.CCN(CC)CC.CCN(CC)CC.CCN(CC)CC.CCN(CC)CC.CCN(CC)CC.O=S(=O)(O)O.O=S(=O)(O)O.O=S(=O)(O)O.O=S(=O)(O)O.O=S(=O)(O)O.O=S(=O)(O)O.O=S(=O)(O)O. The molecule has 0 aliphatic rings. The van der Waals surface area contributed by atoms with Crippen LogP contribution in [0.4, 0.5) is 0 Å². The van der Waals surface area contributed by atoms with Crippen molar-refractivity contribution >= 4 is 72.8 Å². The van der Waals surface area contributed by atoms with E-state index in [2.05, 4.69) is 359 Å². The molecule has 0 radical (unpaired) electrons. The molecule has 0 spiro atoms. The van der Waals surface area contributed by atoms with Crippen molar-refractivity contribution in [3.05, 3.63) is 0 Å². The van der Waals surface area contributed by atoms with Gasteiger partial charge >= 0.3 is 72.8 Å². The van der Waals surface area contributed by atoms with Gasteiger partial charge in [-0.05, 0) is 275 Å². The van der Waals surface area contributed by atoms with E-state index in [-0.39, 0.29) is 0 Å². The van der Waals surface area contributed by atoms with Gasteiger partial charge in [-0.2, -0.15) is 58.9 Å². The molecule has 133 heavy (non-hydrogen) atoms. The molecular weight excluding hydrogens is 1880 g/mol. The van der Waals surface area contributed by atoms with Crippen molar-refractivity contribution < 1.29 is 123 Å². The zero-order valence-corrected chi connectivity index (χ0v) is 98.5. The van der Waals surface area contributed by atoms with Crippen LogP contribution in [-0.2, 0) is 72.8 Å². The van der Waals surface area contributed by atoms with Crippen molar-refractivity contribution in [2.45, 2.75) is 291 Å².